The van der Waals surface area contributed by atoms with Crippen LogP contribution < -0.4 is 10.6 Å². The summed E-state index contributed by atoms with van der Waals surface area (Å²) in [5, 5.41) is 6.50. The van der Waals surface area contributed by atoms with Gasteiger partial charge in [0.15, 0.2) is 0 Å². The number of hydrogen-bond donors (Lipinski definition) is 2. The minimum Gasteiger partial charge on any atom is -0.324 e. The highest BCUT2D eigenvalue weighted by Crippen LogP contribution is 2.18. The number of benzene rings is 2. The molecule has 0 spiro atoms. The summed E-state index contributed by atoms with van der Waals surface area (Å²) in [6.45, 7) is 3.97. The van der Waals surface area contributed by atoms with E-state index < -0.39 is 0 Å². The summed E-state index contributed by atoms with van der Waals surface area (Å²) >= 11 is 5.96. The third kappa shape index (κ3) is 4.55. The lowest BCUT2D eigenvalue weighted by Crippen LogP contribution is -2.15. The van der Waals surface area contributed by atoms with Crippen molar-refractivity contribution in [1.29, 1.82) is 0 Å². The van der Waals surface area contributed by atoms with Crippen LogP contribution in [-0.4, -0.2) is 15.9 Å². The molecule has 0 aliphatic carbocycles. The quantitative estimate of drug-likeness (QED) is 0.711. The molecule has 2 N–H and O–H groups in total. The van der Waals surface area contributed by atoms with Crippen LogP contribution in [0, 0.1) is 13.8 Å². The highest BCUT2D eigenvalue weighted by molar-refractivity contribution is 6.30. The number of anilines is 3. The SMILES string of the molecule is Cc1cc(C)cc(NC(=O)c2ccnc(Nc3cccc(Cl)c3)n2)c1. The zero-order valence-corrected chi connectivity index (χ0v) is 14.6. The Morgan fingerprint density at radius 3 is 2.48 bits per heavy atom. The predicted octanol–water partition coefficient (Wildman–Crippen LogP) is 4.74. The van der Waals surface area contributed by atoms with Crippen LogP contribution in [0.1, 0.15) is 21.6 Å². The molecule has 0 saturated heterocycles. The van der Waals surface area contributed by atoms with Crippen molar-refractivity contribution >= 4 is 34.8 Å². The van der Waals surface area contributed by atoms with Crippen molar-refractivity contribution in [1.82, 2.24) is 9.97 Å². The van der Waals surface area contributed by atoms with E-state index in [0.29, 0.717) is 11.0 Å². The van der Waals surface area contributed by atoms with Crippen LogP contribution in [0.5, 0.6) is 0 Å². The van der Waals surface area contributed by atoms with Crippen LogP contribution in [0.15, 0.2) is 54.7 Å². The third-order valence-corrected chi connectivity index (χ3v) is 3.68. The van der Waals surface area contributed by atoms with Crippen molar-refractivity contribution in [3.8, 4) is 0 Å². The van der Waals surface area contributed by atoms with Gasteiger partial charge in [-0.05, 0) is 61.4 Å². The van der Waals surface area contributed by atoms with Gasteiger partial charge in [-0.3, -0.25) is 4.79 Å². The Kier molecular flexibility index (Phi) is 4.95. The van der Waals surface area contributed by atoms with Gasteiger partial charge in [0.1, 0.15) is 5.69 Å². The Morgan fingerprint density at radius 1 is 1.00 bits per heavy atom. The lowest BCUT2D eigenvalue weighted by molar-refractivity contribution is 0.102. The fraction of sp³-hybridized carbons (Fsp3) is 0.105. The molecule has 0 saturated carbocycles. The molecule has 3 aromatic rings. The summed E-state index contributed by atoms with van der Waals surface area (Å²) in [4.78, 5) is 20.8. The van der Waals surface area contributed by atoms with Gasteiger partial charge in [0.05, 0.1) is 0 Å². The van der Waals surface area contributed by atoms with Gasteiger partial charge in [0.2, 0.25) is 5.95 Å². The summed E-state index contributed by atoms with van der Waals surface area (Å²) in [6, 6.07) is 14.6. The number of amides is 1. The maximum Gasteiger partial charge on any atom is 0.274 e. The molecule has 0 aliphatic heterocycles. The van der Waals surface area contributed by atoms with E-state index >= 15 is 0 Å². The van der Waals surface area contributed by atoms with Gasteiger partial charge in [-0.1, -0.05) is 23.7 Å². The molecule has 0 bridgehead atoms. The Bertz CT molecular complexity index is 907. The van der Waals surface area contributed by atoms with Gasteiger partial charge in [-0.15, -0.1) is 0 Å². The van der Waals surface area contributed by atoms with E-state index in [1.54, 1.807) is 18.2 Å². The first-order chi connectivity index (χ1) is 12.0. The van der Waals surface area contributed by atoms with Crippen molar-refractivity contribution in [2.45, 2.75) is 13.8 Å². The predicted molar refractivity (Wildman–Crippen MR) is 101 cm³/mol. The number of hydrogen-bond acceptors (Lipinski definition) is 4. The van der Waals surface area contributed by atoms with E-state index in [1.807, 2.05) is 44.2 Å². The molecular formula is C19H17ClN4O. The van der Waals surface area contributed by atoms with Gasteiger partial charge >= 0.3 is 0 Å². The van der Waals surface area contributed by atoms with Crippen LogP contribution in [0.2, 0.25) is 5.02 Å². The Morgan fingerprint density at radius 2 is 1.76 bits per heavy atom. The fourth-order valence-electron chi connectivity index (χ4n) is 2.48. The molecule has 0 aliphatic rings. The number of aryl methyl sites for hydroxylation is 2. The minimum atomic E-state index is -0.290. The van der Waals surface area contributed by atoms with Crippen molar-refractivity contribution in [3.63, 3.8) is 0 Å². The highest BCUT2D eigenvalue weighted by atomic mass is 35.5. The maximum absolute atomic E-state index is 12.4. The lowest BCUT2D eigenvalue weighted by Gasteiger charge is -2.09. The Hall–Kier alpha value is -2.92. The topological polar surface area (TPSA) is 66.9 Å². The number of carbonyl (C=O) groups excluding carboxylic acids is 1. The van der Waals surface area contributed by atoms with Crippen molar-refractivity contribution in [3.05, 3.63) is 76.6 Å². The van der Waals surface area contributed by atoms with Crippen LogP contribution in [0.25, 0.3) is 0 Å². The van der Waals surface area contributed by atoms with Crippen LogP contribution >= 0.6 is 11.6 Å². The molecule has 0 radical (unpaired) electrons. The molecule has 5 nitrogen and oxygen atoms in total. The maximum atomic E-state index is 12.4. The normalized spacial score (nSPS) is 10.4. The molecule has 3 rings (SSSR count). The van der Waals surface area contributed by atoms with Gasteiger partial charge in [-0.2, -0.15) is 0 Å². The molecule has 0 unspecified atom stereocenters. The van der Waals surface area contributed by atoms with Crippen LogP contribution in [0.3, 0.4) is 0 Å². The molecule has 2 aromatic carbocycles. The average molecular weight is 353 g/mol. The second kappa shape index (κ2) is 7.32. The molecular weight excluding hydrogens is 336 g/mol. The smallest absolute Gasteiger partial charge is 0.274 e. The van der Waals surface area contributed by atoms with E-state index in [1.165, 1.54) is 6.20 Å². The first kappa shape index (κ1) is 16.9. The minimum absolute atomic E-state index is 0.277. The molecule has 0 fully saturated rings. The number of nitrogens with zero attached hydrogens (tertiary/aromatic N) is 2. The van der Waals surface area contributed by atoms with Gasteiger partial charge in [0.25, 0.3) is 5.91 Å². The Balaban J connectivity index is 1.77. The first-order valence-corrected chi connectivity index (χ1v) is 8.13. The number of carbonyl (C=O) groups is 1. The standard InChI is InChI=1S/C19H17ClN4O/c1-12-8-13(2)10-16(9-12)22-18(25)17-6-7-21-19(24-17)23-15-5-3-4-14(20)11-15/h3-11H,1-2H3,(H,22,25)(H,21,23,24). The zero-order valence-electron chi connectivity index (χ0n) is 13.9. The average Bonchev–Trinajstić information content (AvgIpc) is 2.54. The van der Waals surface area contributed by atoms with E-state index in [2.05, 4.69) is 20.6 Å². The van der Waals surface area contributed by atoms with E-state index in [9.17, 15) is 4.79 Å². The van der Waals surface area contributed by atoms with Gasteiger partial charge < -0.3 is 10.6 Å². The number of aromatic nitrogens is 2. The van der Waals surface area contributed by atoms with E-state index in [-0.39, 0.29) is 11.6 Å². The molecule has 6 heteroatoms. The lowest BCUT2D eigenvalue weighted by atomic mass is 10.1. The summed E-state index contributed by atoms with van der Waals surface area (Å²) in [5.74, 6) is 0.0388. The fourth-order valence-corrected chi connectivity index (χ4v) is 2.67. The second-order valence-corrected chi connectivity index (χ2v) is 6.17. The summed E-state index contributed by atoms with van der Waals surface area (Å²) in [5.41, 5.74) is 3.94. The van der Waals surface area contributed by atoms with Crippen molar-refractivity contribution in [2.24, 2.45) is 0 Å². The van der Waals surface area contributed by atoms with Crippen molar-refractivity contribution in [2.75, 3.05) is 10.6 Å². The number of rotatable bonds is 4. The number of nitrogens with one attached hydrogen (secondary N) is 2. The van der Waals surface area contributed by atoms with Crippen LogP contribution in [-0.2, 0) is 0 Å². The summed E-state index contributed by atoms with van der Waals surface area (Å²) in [6.07, 6.45) is 1.54. The molecule has 126 valence electrons. The highest BCUT2D eigenvalue weighted by Gasteiger charge is 2.10. The molecule has 1 aromatic heterocycles. The number of halogens is 1. The molecule has 1 amide bonds. The molecule has 1 heterocycles. The van der Waals surface area contributed by atoms with Gasteiger partial charge in [-0.25, -0.2) is 9.97 Å². The monoisotopic (exact) mass is 352 g/mol. The molecule has 0 atom stereocenters. The third-order valence-electron chi connectivity index (χ3n) is 3.45. The van der Waals surface area contributed by atoms with Gasteiger partial charge in [0, 0.05) is 22.6 Å². The largest absolute Gasteiger partial charge is 0.324 e. The summed E-state index contributed by atoms with van der Waals surface area (Å²) in [7, 11) is 0. The second-order valence-electron chi connectivity index (χ2n) is 5.73. The summed E-state index contributed by atoms with van der Waals surface area (Å²) < 4.78 is 0. The zero-order chi connectivity index (χ0) is 17.8. The van der Waals surface area contributed by atoms with E-state index in [4.69, 9.17) is 11.6 Å². The van der Waals surface area contributed by atoms with Crippen LogP contribution in [0.4, 0.5) is 17.3 Å². The Labute approximate surface area is 151 Å². The van der Waals surface area contributed by atoms with E-state index in [0.717, 1.165) is 22.5 Å². The van der Waals surface area contributed by atoms with Crippen molar-refractivity contribution < 1.29 is 4.79 Å². The first-order valence-electron chi connectivity index (χ1n) is 7.75. The molecule has 25 heavy (non-hydrogen) atoms.